The van der Waals surface area contributed by atoms with E-state index in [0.29, 0.717) is 22.1 Å². The van der Waals surface area contributed by atoms with Crippen LogP contribution in [0.5, 0.6) is 5.88 Å². The number of oxime groups is 1. The lowest BCUT2D eigenvalue weighted by Gasteiger charge is -2.55. The Morgan fingerprint density at radius 3 is 2.27 bits per heavy atom. The van der Waals surface area contributed by atoms with Crippen LogP contribution in [-0.4, -0.2) is 178 Å². The standard InChI is InChI=1S/C18H18N8O7S3.C15H17N7O5S3/c1-25-18(22-12(28)13(29)23-25)36-4-6-3-34-15-9(14(30)26(15)10(6)16(31)32)21-11(27)8(24-33-2)7-5-35-17(19)20-7;1-21-14(18-19-20-21)30-6-8-5-29-13-15(27-2,17-9(23)7-28-4-3-16)12(26)22(13)10(8)11(24)25/h5,9,15H,3-4H2,1-2H3,(H2,19,20)(H,21,27)(H,23,29)(H,31,32);13H,4-7H2,1-2H3,(H,17,23)(H,24,25)/b24-8-;/t9-,15-;13-,15+/m11/s1. The van der Waals surface area contributed by atoms with Crippen molar-refractivity contribution in [2.75, 3.05) is 54.5 Å². The van der Waals surface area contributed by atoms with Gasteiger partial charge in [0.05, 0.1) is 17.6 Å². The van der Waals surface area contributed by atoms with E-state index in [0.717, 1.165) is 44.7 Å². The summed E-state index contributed by atoms with van der Waals surface area (Å²) in [6.45, 7) is 0. The molecule has 0 unspecified atom stereocenters. The van der Waals surface area contributed by atoms with Crippen LogP contribution in [-0.2, 0) is 52.4 Å². The van der Waals surface area contributed by atoms with Gasteiger partial charge in [-0.05, 0) is 21.6 Å². The number of rotatable bonds is 17. The zero-order chi connectivity index (χ0) is 48.0. The van der Waals surface area contributed by atoms with E-state index in [1.54, 1.807) is 7.05 Å². The highest BCUT2D eigenvalue weighted by Crippen LogP contribution is 2.47. The summed E-state index contributed by atoms with van der Waals surface area (Å²) in [4.78, 5) is 101. The topological polar surface area (TPSA) is 379 Å². The Balaban J connectivity index is 0.000000222. The first kappa shape index (κ1) is 49.5. The lowest BCUT2D eigenvalue weighted by molar-refractivity contribution is -0.192. The Labute approximate surface area is 396 Å². The van der Waals surface area contributed by atoms with Gasteiger partial charge in [-0.15, -0.1) is 56.8 Å². The summed E-state index contributed by atoms with van der Waals surface area (Å²) in [5.41, 5.74) is 3.73. The molecule has 66 heavy (non-hydrogen) atoms. The fourth-order valence-corrected chi connectivity index (χ4v) is 12.2. The summed E-state index contributed by atoms with van der Waals surface area (Å²) in [7, 11) is 5.68. The number of nitrogens with zero attached hydrogens (tertiary/aromatic N) is 12. The first-order valence-electron chi connectivity index (χ1n) is 18.3. The van der Waals surface area contributed by atoms with Crippen molar-refractivity contribution in [1.29, 1.82) is 5.26 Å². The number of ether oxygens (including phenoxy) is 1. The molecule has 2 fully saturated rings. The van der Waals surface area contributed by atoms with E-state index >= 15 is 0 Å². The number of aryl methyl sites for hydroxylation is 2. The molecule has 7 heterocycles. The minimum absolute atomic E-state index is 0.0153. The van der Waals surface area contributed by atoms with Gasteiger partial charge < -0.3 is 41.3 Å². The van der Waals surface area contributed by atoms with Crippen LogP contribution in [0.3, 0.4) is 0 Å². The van der Waals surface area contributed by atoms with Gasteiger partial charge in [0.15, 0.2) is 16.0 Å². The molecule has 0 radical (unpaired) electrons. The number of thioether (sulfide) groups is 5. The second-order valence-electron chi connectivity index (χ2n) is 13.4. The molecule has 27 nitrogen and oxygen atoms in total. The van der Waals surface area contributed by atoms with Crippen LogP contribution in [0.15, 0.2) is 48.2 Å². The molecule has 4 atom stereocenters. The maximum Gasteiger partial charge on any atom is 0.352 e. The van der Waals surface area contributed by atoms with Crippen molar-refractivity contribution in [3.63, 3.8) is 0 Å². The van der Waals surface area contributed by atoms with Crippen molar-refractivity contribution in [2.45, 2.75) is 32.8 Å². The zero-order valence-electron chi connectivity index (χ0n) is 34.5. The van der Waals surface area contributed by atoms with Crippen LogP contribution in [0.25, 0.3) is 0 Å². The number of anilines is 1. The number of aromatic hydroxyl groups is 1. The van der Waals surface area contributed by atoms with E-state index in [2.05, 4.69) is 46.4 Å². The third-order valence-electron chi connectivity index (χ3n) is 9.30. The predicted octanol–water partition coefficient (Wildman–Crippen LogP) is -1.93. The summed E-state index contributed by atoms with van der Waals surface area (Å²) in [6.07, 6.45) is 0. The molecule has 33 heteroatoms. The molecule has 7 rings (SSSR count). The number of nitriles is 1. The number of nitrogen functional groups attached to an aromatic ring is 1. The third-order valence-corrected chi connectivity index (χ3v) is 15.7. The molecule has 0 bridgehead atoms. The number of carboxylic acid groups (broad SMARTS) is 2. The van der Waals surface area contributed by atoms with Crippen LogP contribution in [0.2, 0.25) is 0 Å². The monoisotopic (exact) mass is 1030 g/mol. The molecule has 7 N–H and O–H groups in total. The number of nitrogens with two attached hydrogens (primary N) is 1. The number of carbonyl (C=O) groups excluding carboxylic acids is 4. The number of nitrogens with one attached hydrogen (secondary N) is 2. The number of aliphatic carboxylic acids is 2. The second-order valence-corrected chi connectivity index (χ2v) is 19.3. The van der Waals surface area contributed by atoms with E-state index in [1.807, 2.05) is 6.07 Å². The summed E-state index contributed by atoms with van der Waals surface area (Å²) < 4.78 is 8.02. The Morgan fingerprint density at radius 2 is 1.68 bits per heavy atom. The van der Waals surface area contributed by atoms with E-state index in [4.69, 9.17) is 20.6 Å². The fraction of sp³-hybridized carbons (Fsp3) is 0.424. The fourth-order valence-electron chi connectivity index (χ4n) is 6.39. The minimum Gasteiger partial charge on any atom is -0.488 e. The quantitative estimate of drug-likeness (QED) is 0.0214. The van der Waals surface area contributed by atoms with Gasteiger partial charge in [0.1, 0.15) is 41.0 Å². The van der Waals surface area contributed by atoms with Crippen molar-refractivity contribution in [1.82, 2.24) is 60.4 Å². The van der Waals surface area contributed by atoms with Crippen LogP contribution >= 0.6 is 70.1 Å². The van der Waals surface area contributed by atoms with Crippen molar-refractivity contribution in [3.8, 4) is 11.9 Å². The predicted molar refractivity (Wildman–Crippen MR) is 238 cm³/mol. The number of hydrogen-bond donors (Lipinski definition) is 6. The number of thiazole rings is 1. The Hall–Kier alpha value is -5.92. The molecule has 2 saturated heterocycles. The molecule has 350 valence electrons. The number of hydrogen-bond acceptors (Lipinski definition) is 25. The Kier molecular flexibility index (Phi) is 15.9. The number of carboxylic acids is 2. The third kappa shape index (κ3) is 10.1. The van der Waals surface area contributed by atoms with Gasteiger partial charge in [-0.3, -0.25) is 33.8 Å². The molecular formula is C33H35N15O12S6. The van der Waals surface area contributed by atoms with Crippen LogP contribution in [0, 0.1) is 11.3 Å². The van der Waals surface area contributed by atoms with Gasteiger partial charge in [0, 0.05) is 49.6 Å². The van der Waals surface area contributed by atoms with Crippen molar-refractivity contribution in [3.05, 3.63) is 44.0 Å². The van der Waals surface area contributed by atoms with Crippen LogP contribution < -0.4 is 21.9 Å². The summed E-state index contributed by atoms with van der Waals surface area (Å²) in [6, 6.07) is 0.923. The normalized spacial score (nSPS) is 21.1. The maximum atomic E-state index is 12.9. The molecule has 0 saturated carbocycles. The molecule has 3 aromatic heterocycles. The highest BCUT2D eigenvalue weighted by molar-refractivity contribution is 8.01. The SMILES string of the molecule is CO/N=C(\C(=O)N[C@@H]1C(=O)N2C(C(=O)O)=C(CSc3nc(=O)c(O)nn3C)CS[C@H]12)c1csc(N)n1.CO[C@@]1(NC(=O)CSCC#N)C(=O)N2C(C(=O)O)=C(CSc3nnnn3C)CS[C@@H]21. The second kappa shape index (κ2) is 21.1. The minimum atomic E-state index is -1.64. The van der Waals surface area contributed by atoms with E-state index in [1.165, 1.54) is 71.3 Å². The van der Waals surface area contributed by atoms with Gasteiger partial charge >= 0.3 is 17.5 Å². The first-order chi connectivity index (χ1) is 31.5. The number of carbonyl (C=O) groups is 6. The summed E-state index contributed by atoms with van der Waals surface area (Å²) >= 11 is 7.08. The van der Waals surface area contributed by atoms with Crippen LogP contribution in [0.1, 0.15) is 5.69 Å². The largest absolute Gasteiger partial charge is 0.488 e. The lowest BCUT2D eigenvalue weighted by atomic mass is 9.98. The lowest BCUT2D eigenvalue weighted by Crippen LogP contribution is -2.80. The highest BCUT2D eigenvalue weighted by atomic mass is 32.2. The van der Waals surface area contributed by atoms with E-state index < -0.39 is 69.5 Å². The average Bonchev–Trinajstić information content (AvgIpc) is 3.92. The number of aromatic nitrogens is 8. The van der Waals surface area contributed by atoms with Crippen molar-refractivity contribution < 1.29 is 53.7 Å². The first-order valence-corrected chi connectivity index (χ1v) is 24.4. The molecule has 0 aliphatic carbocycles. The molecular weight excluding hydrogens is 991 g/mol. The Morgan fingerprint density at radius 1 is 1.02 bits per heavy atom. The molecule has 4 amide bonds. The van der Waals surface area contributed by atoms with Crippen molar-refractivity contribution >= 4 is 117 Å². The van der Waals surface area contributed by atoms with Gasteiger partial charge in [0.25, 0.3) is 29.3 Å². The molecule has 0 spiro atoms. The Bertz CT molecular complexity index is 2670. The summed E-state index contributed by atoms with van der Waals surface area (Å²) in [5.74, 6) is -4.65. The molecule has 4 aliphatic heterocycles. The number of fused-ring (bicyclic) bond motifs is 2. The zero-order valence-corrected chi connectivity index (χ0v) is 39.4. The van der Waals surface area contributed by atoms with Gasteiger partial charge in [-0.2, -0.15) is 10.2 Å². The number of amides is 4. The smallest absolute Gasteiger partial charge is 0.352 e. The van der Waals surface area contributed by atoms with Crippen LogP contribution in [0.4, 0.5) is 5.13 Å². The number of methoxy groups -OCH3 is 1. The highest BCUT2D eigenvalue weighted by Gasteiger charge is 2.66. The number of β-lactam (4-membered cyclic amide) rings is 2. The van der Waals surface area contributed by atoms with Gasteiger partial charge in [0.2, 0.25) is 11.1 Å². The van der Waals surface area contributed by atoms with E-state index in [9.17, 15) is 48.9 Å². The van der Waals surface area contributed by atoms with Crippen molar-refractivity contribution in [2.24, 2.45) is 19.3 Å². The van der Waals surface area contributed by atoms with Gasteiger partial charge in [-0.1, -0.05) is 28.7 Å². The molecule has 3 aromatic rings. The maximum absolute atomic E-state index is 12.9. The average molecular weight is 1030 g/mol. The summed E-state index contributed by atoms with van der Waals surface area (Å²) in [5, 5.41) is 62.1. The van der Waals surface area contributed by atoms with Gasteiger partial charge in [-0.25, -0.2) is 23.9 Å². The molecule has 4 aliphatic rings. The van der Waals surface area contributed by atoms with E-state index in [-0.39, 0.29) is 61.9 Å². The number of tetrazole rings is 1. The molecule has 0 aromatic carbocycles.